The predicted octanol–water partition coefficient (Wildman–Crippen LogP) is 6.12. The van der Waals surface area contributed by atoms with Crippen molar-refractivity contribution in [3.63, 3.8) is 0 Å². The molecule has 0 spiro atoms. The van der Waals surface area contributed by atoms with E-state index < -0.39 is 59.8 Å². The molecule has 4 N–H and O–H groups in total. The van der Waals surface area contributed by atoms with Crippen molar-refractivity contribution in [3.8, 4) is 0 Å². The average molecular weight is 723 g/mol. The minimum atomic E-state index is -5.05. The van der Waals surface area contributed by atoms with Crippen LogP contribution in [0.25, 0.3) is 0 Å². The summed E-state index contributed by atoms with van der Waals surface area (Å²) in [6.07, 6.45) is 20.1. The van der Waals surface area contributed by atoms with Crippen molar-refractivity contribution in [2.45, 2.75) is 173 Å². The first-order valence-electron chi connectivity index (χ1n) is 18.6. The first-order valence-corrected chi connectivity index (χ1v) is 20.0. The summed E-state index contributed by atoms with van der Waals surface area (Å²) in [5, 5.41) is 30.3. The first-order chi connectivity index (χ1) is 23.6. The van der Waals surface area contributed by atoms with Gasteiger partial charge in [-0.25, -0.2) is 4.18 Å². The molecular weight excluding hydrogens is 656 g/mol. The fourth-order valence-electron chi connectivity index (χ4n) is 5.46. The maximum atomic E-state index is 12.5. The third-order valence-corrected chi connectivity index (χ3v) is 8.79. The average Bonchev–Trinajstić information content (AvgIpc) is 3.06. The van der Waals surface area contributed by atoms with E-state index in [2.05, 4.69) is 42.3 Å². The molecule has 0 saturated carbocycles. The summed E-state index contributed by atoms with van der Waals surface area (Å²) in [5.74, 6) is -0.420. The number of hydrogen-bond acceptors (Lipinski definition) is 11. The number of unbranched alkanes of at least 4 members (excludes halogenated alkanes) is 14. The number of carbonyl (C=O) groups excluding carboxylic acids is 1. The van der Waals surface area contributed by atoms with Gasteiger partial charge >= 0.3 is 16.4 Å². The SMILES string of the molecule is CCCCC/C=C\C/C=C\CCCCCCCCCCOCC(COC1OC(CO)C(O)C(OS(=O)(=O)O)C1O)OC(=O)CCCCCC. The van der Waals surface area contributed by atoms with Gasteiger partial charge in [0.25, 0.3) is 0 Å². The van der Waals surface area contributed by atoms with E-state index in [1.54, 1.807) is 0 Å². The molecule has 0 radical (unpaired) electrons. The number of allylic oxidation sites excluding steroid dienone is 4. The molecule has 288 valence electrons. The van der Waals surface area contributed by atoms with Gasteiger partial charge in [0.05, 0.1) is 19.8 Å². The molecule has 0 amide bonds. The molecule has 49 heavy (non-hydrogen) atoms. The molecule has 1 aliphatic heterocycles. The molecule has 0 aromatic rings. The Hall–Kier alpha value is -1.42. The van der Waals surface area contributed by atoms with Crippen LogP contribution in [0.5, 0.6) is 0 Å². The molecule has 0 aromatic heterocycles. The Morgan fingerprint density at radius 2 is 1.35 bits per heavy atom. The summed E-state index contributed by atoms with van der Waals surface area (Å²) in [4.78, 5) is 12.5. The van der Waals surface area contributed by atoms with E-state index in [9.17, 15) is 28.5 Å². The van der Waals surface area contributed by atoms with Crippen LogP contribution in [0, 0.1) is 0 Å². The molecule has 0 aromatic carbocycles. The smallest absolute Gasteiger partial charge is 0.397 e. The Labute approximate surface area is 295 Å². The molecular formula is C36H66O12S. The molecule has 0 bridgehead atoms. The number of esters is 1. The lowest BCUT2D eigenvalue weighted by Crippen LogP contribution is -2.60. The van der Waals surface area contributed by atoms with E-state index in [1.165, 1.54) is 57.8 Å². The number of aliphatic hydroxyl groups is 3. The molecule has 1 saturated heterocycles. The van der Waals surface area contributed by atoms with Gasteiger partial charge < -0.3 is 34.3 Å². The Balaban J connectivity index is 2.36. The highest BCUT2D eigenvalue weighted by molar-refractivity contribution is 7.80. The van der Waals surface area contributed by atoms with Gasteiger partial charge in [0.15, 0.2) is 6.29 Å². The topological polar surface area (TPSA) is 178 Å². The molecule has 12 nitrogen and oxygen atoms in total. The summed E-state index contributed by atoms with van der Waals surface area (Å²) in [5.41, 5.74) is 0. The summed E-state index contributed by atoms with van der Waals surface area (Å²) < 4.78 is 58.4. The lowest BCUT2D eigenvalue weighted by atomic mass is 9.99. The van der Waals surface area contributed by atoms with Crippen molar-refractivity contribution < 1.29 is 56.2 Å². The number of aliphatic hydroxyl groups excluding tert-OH is 3. The highest BCUT2D eigenvalue weighted by Gasteiger charge is 2.48. The van der Waals surface area contributed by atoms with Crippen molar-refractivity contribution in [2.24, 2.45) is 0 Å². The molecule has 1 fully saturated rings. The second kappa shape index (κ2) is 29.2. The quantitative estimate of drug-likeness (QED) is 0.0279. The molecule has 1 heterocycles. The van der Waals surface area contributed by atoms with Gasteiger partial charge in [0.2, 0.25) is 0 Å². The van der Waals surface area contributed by atoms with Crippen LogP contribution in [0.4, 0.5) is 0 Å². The number of carbonyl (C=O) groups is 1. The van der Waals surface area contributed by atoms with Crippen LogP contribution in [0.1, 0.15) is 136 Å². The van der Waals surface area contributed by atoms with Crippen molar-refractivity contribution in [3.05, 3.63) is 24.3 Å². The molecule has 1 aliphatic rings. The largest absolute Gasteiger partial charge is 0.457 e. The minimum Gasteiger partial charge on any atom is -0.457 e. The van der Waals surface area contributed by atoms with Crippen LogP contribution in [-0.4, -0.2) is 97.5 Å². The standard InChI is InChI=1S/C36H66O12S/c1-3-5-7-9-10-11-12-13-14-15-16-17-18-19-20-21-22-24-26-44-28-30(46-32(38)25-23-8-6-4-2)29-45-36-34(40)35(48-49(41,42)43)33(39)31(27-37)47-36/h10-11,13-14,30-31,33-37,39-40H,3-9,12,15-29H2,1-2H3,(H,41,42,43)/b11-10-,14-13-. The second-order valence-electron chi connectivity index (χ2n) is 12.8. The molecule has 0 aliphatic carbocycles. The summed E-state index contributed by atoms with van der Waals surface area (Å²) in [6.45, 7) is 3.79. The fourth-order valence-corrected chi connectivity index (χ4v) is 5.97. The van der Waals surface area contributed by atoms with E-state index in [1.807, 2.05) is 0 Å². The van der Waals surface area contributed by atoms with Gasteiger partial charge in [0, 0.05) is 13.0 Å². The first kappa shape index (κ1) is 45.6. The van der Waals surface area contributed by atoms with Gasteiger partial charge in [0.1, 0.15) is 30.5 Å². The third kappa shape index (κ3) is 23.6. The monoisotopic (exact) mass is 722 g/mol. The Kier molecular flexibility index (Phi) is 27.2. The van der Waals surface area contributed by atoms with Crippen molar-refractivity contribution in [1.29, 1.82) is 0 Å². The predicted molar refractivity (Wildman–Crippen MR) is 188 cm³/mol. The van der Waals surface area contributed by atoms with E-state index >= 15 is 0 Å². The second-order valence-corrected chi connectivity index (χ2v) is 13.9. The highest BCUT2D eigenvalue weighted by Crippen LogP contribution is 2.26. The maximum absolute atomic E-state index is 12.5. The zero-order valence-corrected chi connectivity index (χ0v) is 30.8. The van der Waals surface area contributed by atoms with E-state index in [0.29, 0.717) is 13.0 Å². The van der Waals surface area contributed by atoms with Crippen molar-refractivity contribution in [1.82, 2.24) is 0 Å². The summed E-state index contributed by atoms with van der Waals surface area (Å²) >= 11 is 0. The van der Waals surface area contributed by atoms with Gasteiger partial charge in [-0.15, -0.1) is 0 Å². The number of rotatable bonds is 31. The van der Waals surface area contributed by atoms with Crippen molar-refractivity contribution >= 4 is 16.4 Å². The molecule has 13 heteroatoms. The number of hydrogen-bond donors (Lipinski definition) is 4. The minimum absolute atomic E-state index is 0.0320. The lowest BCUT2D eigenvalue weighted by molar-refractivity contribution is -0.301. The lowest BCUT2D eigenvalue weighted by Gasteiger charge is -2.41. The van der Waals surface area contributed by atoms with E-state index in [4.69, 9.17) is 23.5 Å². The van der Waals surface area contributed by atoms with E-state index in [0.717, 1.165) is 51.4 Å². The van der Waals surface area contributed by atoms with Gasteiger partial charge in [-0.05, 0) is 44.9 Å². The van der Waals surface area contributed by atoms with Crippen LogP contribution in [0.15, 0.2) is 24.3 Å². The summed E-state index contributed by atoms with van der Waals surface area (Å²) in [6, 6.07) is 0. The Morgan fingerprint density at radius 3 is 1.96 bits per heavy atom. The van der Waals surface area contributed by atoms with E-state index in [-0.39, 0.29) is 19.6 Å². The van der Waals surface area contributed by atoms with Gasteiger partial charge in [-0.1, -0.05) is 109 Å². The molecule has 6 unspecified atom stereocenters. The van der Waals surface area contributed by atoms with Gasteiger partial charge in [-0.3, -0.25) is 9.35 Å². The summed E-state index contributed by atoms with van der Waals surface area (Å²) in [7, 11) is -5.05. The Bertz CT molecular complexity index is 973. The van der Waals surface area contributed by atoms with Crippen LogP contribution in [0.3, 0.4) is 0 Å². The zero-order valence-electron chi connectivity index (χ0n) is 30.0. The third-order valence-electron chi connectivity index (χ3n) is 8.33. The fraction of sp³-hybridized carbons (Fsp3) is 0.861. The van der Waals surface area contributed by atoms with Gasteiger partial charge in [-0.2, -0.15) is 8.42 Å². The molecule has 1 rings (SSSR count). The van der Waals surface area contributed by atoms with Crippen LogP contribution >= 0.6 is 0 Å². The Morgan fingerprint density at radius 1 is 0.776 bits per heavy atom. The number of ether oxygens (including phenoxy) is 4. The highest BCUT2D eigenvalue weighted by atomic mass is 32.3. The normalized spacial score (nSPS) is 22.3. The zero-order chi connectivity index (χ0) is 36.2. The van der Waals surface area contributed by atoms with Crippen LogP contribution in [0.2, 0.25) is 0 Å². The van der Waals surface area contributed by atoms with Crippen LogP contribution in [-0.2, 0) is 38.3 Å². The maximum Gasteiger partial charge on any atom is 0.397 e. The molecule has 6 atom stereocenters. The van der Waals surface area contributed by atoms with Crippen LogP contribution < -0.4 is 0 Å². The van der Waals surface area contributed by atoms with Crippen molar-refractivity contribution in [2.75, 3.05) is 26.4 Å².